The summed E-state index contributed by atoms with van der Waals surface area (Å²) in [6.07, 6.45) is -2.38. The van der Waals surface area contributed by atoms with Crippen LogP contribution in [0.5, 0.6) is 0 Å². The minimum atomic E-state index is -4.30. The first-order valence-electron chi connectivity index (χ1n) is 6.80. The van der Waals surface area contributed by atoms with Crippen molar-refractivity contribution in [2.24, 2.45) is 0 Å². The van der Waals surface area contributed by atoms with Gasteiger partial charge >= 0.3 is 6.18 Å². The first-order chi connectivity index (χ1) is 9.38. The molecule has 0 aliphatic carbocycles. The molecule has 20 heavy (non-hydrogen) atoms. The molecule has 0 bridgehead atoms. The first kappa shape index (κ1) is 17.0. The molecule has 1 N–H and O–H groups in total. The van der Waals surface area contributed by atoms with Gasteiger partial charge in [0.25, 0.3) is 0 Å². The monoisotopic (exact) mass is 289 g/mol. The van der Waals surface area contributed by atoms with Crippen molar-refractivity contribution < 1.29 is 17.9 Å². The average molecular weight is 289 g/mol. The molecule has 2 nitrogen and oxygen atoms in total. The molecule has 0 amide bonds. The number of nitrogens with one attached hydrogen (secondary N) is 1. The molecule has 0 spiro atoms. The third-order valence-electron chi connectivity index (χ3n) is 3.20. The van der Waals surface area contributed by atoms with Gasteiger partial charge in [-0.3, -0.25) is 0 Å². The maximum atomic E-state index is 12.7. The van der Waals surface area contributed by atoms with Crippen LogP contribution in [0, 0.1) is 0 Å². The molecule has 0 radical (unpaired) electrons. The molecule has 1 aromatic carbocycles. The normalized spacial score (nSPS) is 15.1. The second-order valence-corrected chi connectivity index (χ2v) is 4.95. The Balaban J connectivity index is 2.78. The summed E-state index contributed by atoms with van der Waals surface area (Å²) in [4.78, 5) is 0. The van der Waals surface area contributed by atoms with Crippen molar-refractivity contribution in [3.8, 4) is 0 Å². The Bertz CT molecular complexity index is 400. The van der Waals surface area contributed by atoms with Crippen molar-refractivity contribution in [2.45, 2.75) is 44.9 Å². The molecule has 0 heterocycles. The highest BCUT2D eigenvalue weighted by molar-refractivity contribution is 5.27. The van der Waals surface area contributed by atoms with Gasteiger partial charge in [-0.25, -0.2) is 0 Å². The number of alkyl halides is 3. The number of hydrogen-bond donors (Lipinski definition) is 1. The summed E-state index contributed by atoms with van der Waals surface area (Å²) in [5, 5.41) is 3.32. The van der Waals surface area contributed by atoms with Crippen molar-refractivity contribution in [1.29, 1.82) is 0 Å². The largest absolute Gasteiger partial charge is 0.416 e. The topological polar surface area (TPSA) is 21.3 Å². The lowest BCUT2D eigenvalue weighted by Crippen LogP contribution is -2.35. The van der Waals surface area contributed by atoms with Gasteiger partial charge in [-0.05, 0) is 31.0 Å². The summed E-state index contributed by atoms with van der Waals surface area (Å²) >= 11 is 0. The van der Waals surface area contributed by atoms with E-state index >= 15 is 0 Å². The predicted octanol–water partition coefficient (Wildman–Crippen LogP) is 4.17. The fourth-order valence-electron chi connectivity index (χ4n) is 2.20. The van der Waals surface area contributed by atoms with E-state index in [1.54, 1.807) is 13.2 Å². The minimum Gasteiger partial charge on any atom is -0.383 e. The smallest absolute Gasteiger partial charge is 0.383 e. The minimum absolute atomic E-state index is 0.148. The number of hydrogen-bond acceptors (Lipinski definition) is 2. The van der Waals surface area contributed by atoms with E-state index < -0.39 is 11.7 Å². The third kappa shape index (κ3) is 5.13. The zero-order chi connectivity index (χ0) is 15.2. The zero-order valence-electron chi connectivity index (χ0n) is 12.1. The van der Waals surface area contributed by atoms with Crippen LogP contribution in [-0.2, 0) is 10.9 Å². The second-order valence-electron chi connectivity index (χ2n) is 4.95. The van der Waals surface area contributed by atoms with E-state index in [0.29, 0.717) is 12.2 Å². The summed E-state index contributed by atoms with van der Waals surface area (Å²) in [5.74, 6) is 0. The standard InChI is InChI=1S/C15H22F3NO/c1-4-6-14(10-20-3)19-11(2)12-7-5-8-13(9-12)15(16,17)18/h5,7-9,11,14,19H,4,6,10H2,1-3H3. The highest BCUT2D eigenvalue weighted by Gasteiger charge is 2.30. The molecule has 0 saturated heterocycles. The predicted molar refractivity (Wildman–Crippen MR) is 73.6 cm³/mol. The van der Waals surface area contributed by atoms with Gasteiger partial charge in [-0.2, -0.15) is 13.2 Å². The molecule has 2 unspecified atom stereocenters. The molecule has 0 aliphatic rings. The van der Waals surface area contributed by atoms with Crippen LogP contribution < -0.4 is 5.32 Å². The molecule has 114 valence electrons. The Morgan fingerprint density at radius 1 is 1.30 bits per heavy atom. The Morgan fingerprint density at radius 3 is 2.55 bits per heavy atom. The van der Waals surface area contributed by atoms with Crippen LogP contribution >= 0.6 is 0 Å². The van der Waals surface area contributed by atoms with Gasteiger partial charge in [0.1, 0.15) is 0 Å². The summed E-state index contributed by atoms with van der Waals surface area (Å²) in [6, 6.07) is 5.45. The first-order valence-corrected chi connectivity index (χ1v) is 6.80. The third-order valence-corrected chi connectivity index (χ3v) is 3.20. The number of benzene rings is 1. The maximum Gasteiger partial charge on any atom is 0.416 e. The van der Waals surface area contributed by atoms with Crippen LogP contribution in [0.25, 0.3) is 0 Å². The lowest BCUT2D eigenvalue weighted by Gasteiger charge is -2.23. The highest BCUT2D eigenvalue weighted by Crippen LogP contribution is 2.30. The van der Waals surface area contributed by atoms with Gasteiger partial charge < -0.3 is 10.1 Å². The zero-order valence-corrected chi connectivity index (χ0v) is 12.1. The number of rotatable bonds is 7. The molecule has 2 atom stereocenters. The van der Waals surface area contributed by atoms with Crippen LogP contribution in [-0.4, -0.2) is 19.8 Å². The van der Waals surface area contributed by atoms with E-state index in [1.165, 1.54) is 12.1 Å². The molecule has 0 fully saturated rings. The Kier molecular flexibility index (Phi) is 6.49. The van der Waals surface area contributed by atoms with Gasteiger partial charge in [-0.1, -0.05) is 25.5 Å². The van der Waals surface area contributed by atoms with E-state index in [2.05, 4.69) is 12.2 Å². The maximum absolute atomic E-state index is 12.7. The van der Waals surface area contributed by atoms with Crippen molar-refractivity contribution in [2.75, 3.05) is 13.7 Å². The van der Waals surface area contributed by atoms with E-state index in [4.69, 9.17) is 4.74 Å². The van der Waals surface area contributed by atoms with Crippen molar-refractivity contribution in [1.82, 2.24) is 5.32 Å². The lowest BCUT2D eigenvalue weighted by molar-refractivity contribution is -0.137. The van der Waals surface area contributed by atoms with E-state index in [1.807, 2.05) is 6.92 Å². The number of ether oxygens (including phenoxy) is 1. The van der Waals surface area contributed by atoms with Gasteiger partial charge in [0, 0.05) is 19.2 Å². The number of halogens is 3. The van der Waals surface area contributed by atoms with Crippen molar-refractivity contribution in [3.63, 3.8) is 0 Å². The molecule has 1 rings (SSSR count). The Labute approximate surface area is 118 Å². The van der Waals surface area contributed by atoms with Crippen LogP contribution in [0.1, 0.15) is 43.9 Å². The van der Waals surface area contributed by atoms with Crippen LogP contribution in [0.4, 0.5) is 13.2 Å². The van der Waals surface area contributed by atoms with Gasteiger partial charge in [0.05, 0.1) is 12.2 Å². The molecular formula is C15H22F3NO. The van der Waals surface area contributed by atoms with Crippen LogP contribution in [0.15, 0.2) is 24.3 Å². The highest BCUT2D eigenvalue weighted by atomic mass is 19.4. The van der Waals surface area contributed by atoms with Crippen molar-refractivity contribution >= 4 is 0 Å². The summed E-state index contributed by atoms with van der Waals surface area (Å²) in [6.45, 7) is 4.49. The second kappa shape index (κ2) is 7.64. The molecule has 0 aromatic heterocycles. The average Bonchev–Trinajstić information content (AvgIpc) is 2.38. The Morgan fingerprint density at radius 2 is 2.00 bits per heavy atom. The van der Waals surface area contributed by atoms with Gasteiger partial charge in [0.2, 0.25) is 0 Å². The van der Waals surface area contributed by atoms with Crippen molar-refractivity contribution in [3.05, 3.63) is 35.4 Å². The molecule has 0 aliphatic heterocycles. The van der Waals surface area contributed by atoms with Crippen LogP contribution in [0.3, 0.4) is 0 Å². The lowest BCUT2D eigenvalue weighted by atomic mass is 10.0. The quantitative estimate of drug-likeness (QED) is 0.813. The van der Waals surface area contributed by atoms with Gasteiger partial charge in [-0.15, -0.1) is 0 Å². The summed E-state index contributed by atoms with van der Waals surface area (Å²) in [5.41, 5.74) is 0.0273. The fraction of sp³-hybridized carbons (Fsp3) is 0.600. The van der Waals surface area contributed by atoms with Crippen LogP contribution in [0.2, 0.25) is 0 Å². The van der Waals surface area contributed by atoms with E-state index in [0.717, 1.165) is 18.9 Å². The molecule has 1 aromatic rings. The van der Waals surface area contributed by atoms with Gasteiger partial charge in [0.15, 0.2) is 0 Å². The molecule has 0 saturated carbocycles. The SMILES string of the molecule is CCCC(COC)NC(C)c1cccc(C(F)(F)F)c1. The number of methoxy groups -OCH3 is 1. The summed E-state index contributed by atoms with van der Waals surface area (Å²) < 4.78 is 43.2. The molecular weight excluding hydrogens is 267 g/mol. The van der Waals surface area contributed by atoms with E-state index in [9.17, 15) is 13.2 Å². The van der Waals surface area contributed by atoms with E-state index in [-0.39, 0.29) is 12.1 Å². The Hall–Kier alpha value is -1.07. The fourth-order valence-corrected chi connectivity index (χ4v) is 2.20. The molecule has 5 heteroatoms. The summed E-state index contributed by atoms with van der Waals surface area (Å²) in [7, 11) is 1.62.